The van der Waals surface area contributed by atoms with Gasteiger partial charge in [-0.2, -0.15) is 4.57 Å². The van der Waals surface area contributed by atoms with Crippen molar-refractivity contribution in [2.45, 2.75) is 52.0 Å². The molecule has 1 aromatic heterocycles. The Balaban J connectivity index is 2.28. The molecule has 0 N–H and O–H groups in total. The number of pyridine rings is 1. The van der Waals surface area contributed by atoms with Gasteiger partial charge < -0.3 is 0 Å². The molecule has 1 aliphatic heterocycles. The van der Waals surface area contributed by atoms with Crippen LogP contribution in [0.3, 0.4) is 0 Å². The Morgan fingerprint density at radius 2 is 1.91 bits per heavy atom. The molecule has 3 rings (SSSR count). The summed E-state index contributed by atoms with van der Waals surface area (Å²) < 4.78 is 30.1. The molecule has 0 saturated carbocycles. The van der Waals surface area contributed by atoms with E-state index >= 15 is 0 Å². The zero-order chi connectivity index (χ0) is 16.1. The van der Waals surface area contributed by atoms with Crippen LogP contribution in [-0.2, 0) is 11.8 Å². The van der Waals surface area contributed by atoms with Crippen molar-refractivity contribution in [3.05, 3.63) is 53.2 Å². The van der Waals surface area contributed by atoms with Crippen molar-refractivity contribution >= 4 is 0 Å². The maximum Gasteiger partial charge on any atom is 0.216 e. The van der Waals surface area contributed by atoms with E-state index in [-0.39, 0.29) is 11.5 Å². The predicted molar refractivity (Wildman–Crippen MR) is 83.7 cm³/mol. The normalized spacial score (nSPS) is 17.1. The summed E-state index contributed by atoms with van der Waals surface area (Å²) in [6, 6.07) is 6.88. The molecule has 1 aliphatic rings. The monoisotopic (exact) mass is 302 g/mol. The van der Waals surface area contributed by atoms with Crippen LogP contribution in [0.4, 0.5) is 8.78 Å². The Kier molecular flexibility index (Phi) is 3.54. The first-order chi connectivity index (χ1) is 10.3. The van der Waals surface area contributed by atoms with Gasteiger partial charge in [0.25, 0.3) is 0 Å². The molecule has 3 heteroatoms. The predicted octanol–water partition coefficient (Wildman–Crippen LogP) is 4.72. The largest absolute Gasteiger partial charge is 0.216 e. The SMILES string of the molecule is CCC1Cc2cc(F)cc(F)c2-c2cc(C(C)(C)C)cc[n+]21. The number of nitrogens with zero attached hydrogens (tertiary/aromatic N) is 1. The van der Waals surface area contributed by atoms with Crippen LogP contribution in [0, 0.1) is 11.6 Å². The molecule has 0 aliphatic carbocycles. The van der Waals surface area contributed by atoms with E-state index in [1.54, 1.807) is 0 Å². The van der Waals surface area contributed by atoms with E-state index in [9.17, 15) is 8.78 Å². The van der Waals surface area contributed by atoms with Crippen LogP contribution in [0.5, 0.6) is 0 Å². The molecule has 1 nitrogen and oxygen atoms in total. The molecule has 1 aromatic carbocycles. The van der Waals surface area contributed by atoms with Crippen molar-refractivity contribution in [2.24, 2.45) is 0 Å². The molecule has 0 fully saturated rings. The summed E-state index contributed by atoms with van der Waals surface area (Å²) in [5.74, 6) is -0.962. The van der Waals surface area contributed by atoms with Crippen LogP contribution in [0.15, 0.2) is 30.5 Å². The van der Waals surface area contributed by atoms with E-state index in [0.717, 1.165) is 29.3 Å². The number of aromatic nitrogens is 1. The number of halogens is 2. The molecule has 0 spiro atoms. The molecule has 0 radical (unpaired) electrons. The first-order valence-electron chi connectivity index (χ1n) is 7.85. The Hall–Kier alpha value is -1.77. The average Bonchev–Trinajstić information content (AvgIpc) is 2.43. The van der Waals surface area contributed by atoms with Crippen LogP contribution in [0.2, 0.25) is 0 Å². The van der Waals surface area contributed by atoms with Crippen molar-refractivity contribution in [2.75, 3.05) is 0 Å². The molecule has 0 bridgehead atoms. The minimum atomic E-state index is -0.494. The molecule has 2 aromatic rings. The van der Waals surface area contributed by atoms with Gasteiger partial charge in [-0.1, -0.05) is 27.7 Å². The lowest BCUT2D eigenvalue weighted by Gasteiger charge is -2.25. The van der Waals surface area contributed by atoms with Gasteiger partial charge in [-0.05, 0) is 22.6 Å². The fourth-order valence-corrected chi connectivity index (χ4v) is 3.26. The average molecular weight is 302 g/mol. The van der Waals surface area contributed by atoms with Crippen LogP contribution in [0.25, 0.3) is 11.3 Å². The number of benzene rings is 1. The summed E-state index contributed by atoms with van der Waals surface area (Å²) in [7, 11) is 0. The van der Waals surface area contributed by atoms with Gasteiger partial charge in [0.1, 0.15) is 11.6 Å². The van der Waals surface area contributed by atoms with Gasteiger partial charge in [-0.3, -0.25) is 0 Å². The molecule has 116 valence electrons. The first-order valence-corrected chi connectivity index (χ1v) is 7.85. The van der Waals surface area contributed by atoms with E-state index in [1.165, 1.54) is 6.07 Å². The highest BCUT2D eigenvalue weighted by Crippen LogP contribution is 2.35. The quantitative estimate of drug-likeness (QED) is 0.671. The van der Waals surface area contributed by atoms with Crippen molar-refractivity contribution in [3.8, 4) is 11.3 Å². The highest BCUT2D eigenvalue weighted by Gasteiger charge is 2.34. The molecule has 2 heterocycles. The van der Waals surface area contributed by atoms with Gasteiger partial charge in [0.2, 0.25) is 5.69 Å². The Morgan fingerprint density at radius 3 is 2.55 bits per heavy atom. The van der Waals surface area contributed by atoms with Crippen molar-refractivity contribution in [1.82, 2.24) is 0 Å². The summed E-state index contributed by atoms with van der Waals surface area (Å²) in [6.45, 7) is 8.53. The zero-order valence-corrected chi connectivity index (χ0v) is 13.6. The highest BCUT2D eigenvalue weighted by molar-refractivity contribution is 5.64. The third-order valence-corrected chi connectivity index (χ3v) is 4.56. The van der Waals surface area contributed by atoms with Crippen molar-refractivity contribution in [3.63, 3.8) is 0 Å². The van der Waals surface area contributed by atoms with E-state index < -0.39 is 11.6 Å². The van der Waals surface area contributed by atoms with Crippen LogP contribution in [0.1, 0.15) is 51.3 Å². The van der Waals surface area contributed by atoms with Gasteiger partial charge in [-0.25, -0.2) is 8.78 Å². The topological polar surface area (TPSA) is 3.88 Å². The second-order valence-corrected chi connectivity index (χ2v) is 7.15. The van der Waals surface area contributed by atoms with Crippen LogP contribution in [-0.4, -0.2) is 0 Å². The lowest BCUT2D eigenvalue weighted by Crippen LogP contribution is -2.45. The summed E-state index contributed by atoms with van der Waals surface area (Å²) >= 11 is 0. The second kappa shape index (κ2) is 5.15. The van der Waals surface area contributed by atoms with Crippen molar-refractivity contribution < 1.29 is 13.3 Å². The summed E-state index contributed by atoms with van der Waals surface area (Å²) in [5.41, 5.74) is 3.33. The fourth-order valence-electron chi connectivity index (χ4n) is 3.26. The molecule has 0 amide bonds. The zero-order valence-electron chi connectivity index (χ0n) is 13.6. The van der Waals surface area contributed by atoms with Gasteiger partial charge >= 0.3 is 0 Å². The molecule has 1 unspecified atom stereocenters. The third kappa shape index (κ3) is 2.43. The van der Waals surface area contributed by atoms with E-state index in [1.807, 2.05) is 0 Å². The molecule has 1 atom stereocenters. The van der Waals surface area contributed by atoms with Crippen LogP contribution >= 0.6 is 0 Å². The van der Waals surface area contributed by atoms with Crippen LogP contribution < -0.4 is 4.57 Å². The second-order valence-electron chi connectivity index (χ2n) is 7.15. The van der Waals surface area contributed by atoms with Gasteiger partial charge in [0.15, 0.2) is 12.2 Å². The fraction of sp³-hybridized carbons (Fsp3) is 0.421. The maximum absolute atomic E-state index is 14.4. The van der Waals surface area contributed by atoms with Gasteiger partial charge in [0.05, 0.1) is 5.56 Å². The molecule has 0 saturated heterocycles. The highest BCUT2D eigenvalue weighted by atomic mass is 19.1. The third-order valence-electron chi connectivity index (χ3n) is 4.56. The lowest BCUT2D eigenvalue weighted by molar-refractivity contribution is -0.714. The standard InChI is InChI=1S/C19H22F2N/c1-5-15-9-12-8-14(20)11-16(21)18(12)17-10-13(19(2,3)4)6-7-22(15)17/h6-8,10-11,15H,5,9H2,1-4H3/q+1. The Labute approximate surface area is 130 Å². The Morgan fingerprint density at radius 1 is 1.18 bits per heavy atom. The molecular formula is C19H22F2N+. The molecule has 22 heavy (non-hydrogen) atoms. The maximum atomic E-state index is 14.4. The minimum Gasteiger partial charge on any atom is -0.207 e. The minimum absolute atomic E-state index is 0.00851. The molecular weight excluding hydrogens is 280 g/mol. The smallest absolute Gasteiger partial charge is 0.207 e. The number of hydrogen-bond acceptors (Lipinski definition) is 0. The van der Waals surface area contributed by atoms with E-state index in [4.69, 9.17) is 0 Å². The van der Waals surface area contributed by atoms with Crippen molar-refractivity contribution in [1.29, 1.82) is 0 Å². The summed E-state index contributed by atoms with van der Waals surface area (Å²) in [4.78, 5) is 0. The summed E-state index contributed by atoms with van der Waals surface area (Å²) in [5, 5.41) is 0. The lowest BCUT2D eigenvalue weighted by atomic mass is 9.84. The summed E-state index contributed by atoms with van der Waals surface area (Å²) in [6.07, 6.45) is 3.66. The number of hydrogen-bond donors (Lipinski definition) is 0. The van der Waals surface area contributed by atoms with Gasteiger partial charge in [-0.15, -0.1) is 0 Å². The first kappa shape index (κ1) is 15.1. The number of rotatable bonds is 1. The van der Waals surface area contributed by atoms with E-state index in [0.29, 0.717) is 12.0 Å². The van der Waals surface area contributed by atoms with Gasteiger partial charge in [0, 0.05) is 31.0 Å². The Bertz CT molecular complexity index is 729. The van der Waals surface area contributed by atoms with E-state index in [2.05, 4.69) is 50.6 Å². The number of fused-ring (bicyclic) bond motifs is 3.